The van der Waals surface area contributed by atoms with Crippen molar-refractivity contribution in [1.29, 1.82) is 0 Å². The van der Waals surface area contributed by atoms with Crippen LogP contribution in [0.2, 0.25) is 0 Å². The number of nitrogens with one attached hydrogen (secondary N) is 1. The van der Waals surface area contributed by atoms with E-state index in [2.05, 4.69) is 20.5 Å². The Morgan fingerprint density at radius 2 is 1.93 bits per heavy atom. The second-order valence-electron chi connectivity index (χ2n) is 4.46. The number of hydrogen-bond donors (Lipinski definition) is 1. The fourth-order valence-electron chi connectivity index (χ4n) is 2.42. The van der Waals surface area contributed by atoms with Gasteiger partial charge in [0.1, 0.15) is 0 Å². The van der Waals surface area contributed by atoms with Crippen LogP contribution in [-0.2, 0) is 12.8 Å². The summed E-state index contributed by atoms with van der Waals surface area (Å²) in [7, 11) is 0. The molecule has 0 amide bonds. The lowest BCUT2D eigenvalue weighted by Gasteiger charge is -2.14. The summed E-state index contributed by atoms with van der Waals surface area (Å²) in [5, 5.41) is 11.9. The zero-order valence-corrected chi connectivity index (χ0v) is 8.87. The normalized spacial score (nSPS) is 25.2. The van der Waals surface area contributed by atoms with E-state index in [-0.39, 0.29) is 0 Å². The van der Waals surface area contributed by atoms with E-state index in [4.69, 9.17) is 0 Å². The smallest absolute Gasteiger partial charge is 0.155 e. The van der Waals surface area contributed by atoms with E-state index in [1.807, 2.05) is 0 Å². The first-order chi connectivity index (χ1) is 7.43. The molecule has 0 spiro atoms. The first-order valence-corrected chi connectivity index (χ1v) is 5.86. The number of hydrogen-bond acceptors (Lipinski definition) is 4. The van der Waals surface area contributed by atoms with Gasteiger partial charge >= 0.3 is 0 Å². The molecule has 1 saturated heterocycles. The van der Waals surface area contributed by atoms with Crippen LogP contribution in [0.4, 0.5) is 0 Å². The summed E-state index contributed by atoms with van der Waals surface area (Å²) in [5.74, 6) is 1.45. The van der Waals surface area contributed by atoms with Gasteiger partial charge in [-0.1, -0.05) is 0 Å². The molecule has 1 unspecified atom stereocenters. The van der Waals surface area contributed by atoms with Gasteiger partial charge < -0.3 is 5.32 Å². The summed E-state index contributed by atoms with van der Waals surface area (Å²) in [6.45, 7) is 2.10. The molecule has 0 radical (unpaired) electrons. The third-order valence-electron chi connectivity index (χ3n) is 3.36. The predicted molar refractivity (Wildman–Crippen MR) is 56.7 cm³/mol. The minimum absolute atomic E-state index is 0.490. The van der Waals surface area contributed by atoms with Crippen LogP contribution in [0.3, 0.4) is 0 Å². The number of aromatic nitrogens is 3. The Hall–Kier alpha value is -1.03. The largest absolute Gasteiger partial charge is 0.316 e. The van der Waals surface area contributed by atoms with Crippen molar-refractivity contribution in [3.05, 3.63) is 17.2 Å². The average Bonchev–Trinajstić information content (AvgIpc) is 2.82. The van der Waals surface area contributed by atoms with Gasteiger partial charge in [0, 0.05) is 12.5 Å². The summed E-state index contributed by atoms with van der Waals surface area (Å²) in [4.78, 5) is 4.68. The van der Waals surface area contributed by atoms with Crippen LogP contribution in [0, 0.1) is 0 Å². The predicted octanol–water partition coefficient (Wildman–Crippen LogP) is 0.827. The van der Waals surface area contributed by atoms with E-state index < -0.39 is 0 Å². The van der Waals surface area contributed by atoms with Crippen molar-refractivity contribution in [2.45, 2.75) is 38.0 Å². The summed E-state index contributed by atoms with van der Waals surface area (Å²) in [5.41, 5.74) is 2.34. The van der Waals surface area contributed by atoms with Crippen molar-refractivity contribution in [2.75, 3.05) is 13.1 Å². The molecule has 1 aromatic heterocycles. The van der Waals surface area contributed by atoms with Gasteiger partial charge in [-0.3, -0.25) is 0 Å². The number of fused-ring (bicyclic) bond motifs is 1. The molecule has 0 bridgehead atoms. The van der Waals surface area contributed by atoms with Crippen LogP contribution >= 0.6 is 0 Å². The van der Waals surface area contributed by atoms with Crippen LogP contribution in [0.5, 0.6) is 0 Å². The van der Waals surface area contributed by atoms with Crippen molar-refractivity contribution < 1.29 is 0 Å². The topological polar surface area (TPSA) is 50.7 Å². The highest BCUT2D eigenvalue weighted by Gasteiger charge is 2.22. The van der Waals surface area contributed by atoms with Gasteiger partial charge in [-0.25, -0.2) is 4.98 Å². The summed E-state index contributed by atoms with van der Waals surface area (Å²) < 4.78 is 0. The molecule has 1 N–H and O–H groups in total. The standard InChI is InChI=1S/C11H16N4/c1-2-4-10-9(3-1)13-11(15-14-10)8-5-6-12-7-8/h8,12H,1-7H2. The molecule has 0 saturated carbocycles. The molecule has 2 aliphatic rings. The molecule has 1 aliphatic heterocycles. The van der Waals surface area contributed by atoms with Crippen molar-refractivity contribution in [3.63, 3.8) is 0 Å². The molecule has 80 valence electrons. The van der Waals surface area contributed by atoms with Crippen molar-refractivity contribution in [1.82, 2.24) is 20.5 Å². The Balaban J connectivity index is 1.89. The van der Waals surface area contributed by atoms with Crippen molar-refractivity contribution in [3.8, 4) is 0 Å². The second kappa shape index (κ2) is 3.85. The molecule has 4 heteroatoms. The lowest BCUT2D eigenvalue weighted by atomic mass is 10.0. The molecule has 1 fully saturated rings. The highest BCUT2D eigenvalue weighted by molar-refractivity contribution is 5.15. The van der Waals surface area contributed by atoms with E-state index in [1.165, 1.54) is 18.5 Å². The van der Waals surface area contributed by atoms with Crippen molar-refractivity contribution in [2.24, 2.45) is 0 Å². The molecule has 1 atom stereocenters. The highest BCUT2D eigenvalue weighted by Crippen LogP contribution is 2.21. The maximum Gasteiger partial charge on any atom is 0.155 e. The van der Waals surface area contributed by atoms with Gasteiger partial charge in [0.2, 0.25) is 0 Å². The van der Waals surface area contributed by atoms with Gasteiger partial charge in [-0.05, 0) is 38.6 Å². The molecule has 4 nitrogen and oxygen atoms in total. The Kier molecular flexibility index (Phi) is 2.37. The molecule has 0 aromatic carbocycles. The zero-order chi connectivity index (χ0) is 10.1. The lowest BCUT2D eigenvalue weighted by Crippen LogP contribution is -2.16. The van der Waals surface area contributed by atoms with Crippen LogP contribution in [-0.4, -0.2) is 28.3 Å². The fraction of sp³-hybridized carbons (Fsp3) is 0.727. The van der Waals surface area contributed by atoms with E-state index in [0.29, 0.717) is 5.92 Å². The Labute approximate surface area is 89.5 Å². The zero-order valence-electron chi connectivity index (χ0n) is 8.87. The maximum absolute atomic E-state index is 4.68. The van der Waals surface area contributed by atoms with Gasteiger partial charge in [-0.2, -0.15) is 5.10 Å². The Bertz CT molecular complexity index is 358. The van der Waals surface area contributed by atoms with E-state index in [0.717, 1.165) is 43.9 Å². The second-order valence-corrected chi connectivity index (χ2v) is 4.46. The van der Waals surface area contributed by atoms with Crippen molar-refractivity contribution >= 4 is 0 Å². The number of nitrogens with zero attached hydrogens (tertiary/aromatic N) is 3. The maximum atomic E-state index is 4.68. The molecule has 3 rings (SSSR count). The molecular weight excluding hydrogens is 188 g/mol. The molecule has 1 aliphatic carbocycles. The lowest BCUT2D eigenvalue weighted by molar-refractivity contribution is 0.594. The fourth-order valence-corrected chi connectivity index (χ4v) is 2.42. The summed E-state index contributed by atoms with van der Waals surface area (Å²) in [6, 6.07) is 0. The highest BCUT2D eigenvalue weighted by atomic mass is 15.2. The monoisotopic (exact) mass is 204 g/mol. The molecule has 15 heavy (non-hydrogen) atoms. The first kappa shape index (κ1) is 9.21. The summed E-state index contributed by atoms with van der Waals surface area (Å²) in [6.07, 6.45) is 5.82. The molecular formula is C11H16N4. The summed E-state index contributed by atoms with van der Waals surface area (Å²) >= 11 is 0. The number of aryl methyl sites for hydroxylation is 2. The van der Waals surface area contributed by atoms with Crippen LogP contribution in [0.1, 0.15) is 42.4 Å². The SMILES string of the molecule is C1CCc2nc(C3CCNC3)nnc2C1. The first-order valence-electron chi connectivity index (χ1n) is 5.86. The van der Waals surface area contributed by atoms with E-state index >= 15 is 0 Å². The van der Waals surface area contributed by atoms with Gasteiger partial charge in [0.25, 0.3) is 0 Å². The van der Waals surface area contributed by atoms with Crippen LogP contribution < -0.4 is 5.32 Å². The van der Waals surface area contributed by atoms with E-state index in [1.54, 1.807) is 0 Å². The molecule has 2 heterocycles. The minimum atomic E-state index is 0.490. The van der Waals surface area contributed by atoms with Gasteiger partial charge in [0.05, 0.1) is 11.4 Å². The Morgan fingerprint density at radius 1 is 1.07 bits per heavy atom. The Morgan fingerprint density at radius 3 is 2.73 bits per heavy atom. The average molecular weight is 204 g/mol. The van der Waals surface area contributed by atoms with E-state index in [9.17, 15) is 0 Å². The minimum Gasteiger partial charge on any atom is -0.316 e. The third-order valence-corrected chi connectivity index (χ3v) is 3.36. The van der Waals surface area contributed by atoms with Crippen LogP contribution in [0.15, 0.2) is 0 Å². The number of rotatable bonds is 1. The quantitative estimate of drug-likeness (QED) is 0.736. The van der Waals surface area contributed by atoms with Gasteiger partial charge in [0.15, 0.2) is 5.82 Å². The third kappa shape index (κ3) is 1.74. The van der Waals surface area contributed by atoms with Crippen LogP contribution in [0.25, 0.3) is 0 Å². The van der Waals surface area contributed by atoms with Gasteiger partial charge in [-0.15, -0.1) is 5.10 Å². The molecule has 1 aromatic rings.